The van der Waals surface area contributed by atoms with Crippen molar-refractivity contribution in [2.75, 3.05) is 0 Å². The predicted octanol–water partition coefficient (Wildman–Crippen LogP) is 14.0. The largest absolute Gasteiger partial charge is 0.458 e. The van der Waals surface area contributed by atoms with Gasteiger partial charge < -0.3 is 9.30 Å². The average molecular weight is 814 g/mol. The van der Waals surface area contributed by atoms with E-state index in [1.807, 2.05) is 0 Å². The highest BCUT2D eigenvalue weighted by Gasteiger charge is 2.42. The molecule has 0 amide bonds. The number of rotatable bonds is 6. The molecule has 0 aliphatic carbocycles. The fraction of sp³-hybridized carbons (Fsp3) is 0.0164. The molecule has 64 heavy (non-hydrogen) atoms. The zero-order chi connectivity index (χ0) is 42.3. The van der Waals surface area contributed by atoms with Crippen molar-refractivity contribution >= 4 is 44.9 Å². The third kappa shape index (κ3) is 5.68. The van der Waals surface area contributed by atoms with Crippen molar-refractivity contribution in [1.29, 1.82) is 0 Å². The number of hydrogen-bond donors (Lipinski definition) is 0. The van der Waals surface area contributed by atoms with Gasteiger partial charge in [0.2, 0.25) is 0 Å². The first-order valence-corrected chi connectivity index (χ1v) is 22.2. The second-order valence-corrected chi connectivity index (χ2v) is 17.3. The van der Waals surface area contributed by atoms with Crippen LogP contribution in [0, 0.1) is 6.92 Å². The smallest absolute Gasteiger partial charge is 0.256 e. The topological polar surface area (TPSA) is 14.2 Å². The van der Waals surface area contributed by atoms with Crippen molar-refractivity contribution in [2.24, 2.45) is 0 Å². The van der Waals surface area contributed by atoms with Crippen LogP contribution >= 0.6 is 0 Å². The van der Waals surface area contributed by atoms with E-state index < -0.39 is 0 Å². The van der Waals surface area contributed by atoms with Gasteiger partial charge in [-0.1, -0.05) is 188 Å². The third-order valence-corrected chi connectivity index (χ3v) is 13.5. The van der Waals surface area contributed by atoms with E-state index in [9.17, 15) is 0 Å². The molecule has 0 fully saturated rings. The van der Waals surface area contributed by atoms with Gasteiger partial charge in [0, 0.05) is 27.5 Å². The van der Waals surface area contributed by atoms with Crippen molar-refractivity contribution in [3.63, 3.8) is 0 Å². The summed E-state index contributed by atoms with van der Waals surface area (Å²) in [7, 11) is 0. The van der Waals surface area contributed by atoms with E-state index >= 15 is 0 Å². The molecular formula is C61H40BNO. The lowest BCUT2D eigenvalue weighted by atomic mass is 9.34. The minimum atomic E-state index is -0.114. The third-order valence-electron chi connectivity index (χ3n) is 13.5. The summed E-state index contributed by atoms with van der Waals surface area (Å²) in [6.07, 6.45) is 0. The molecule has 0 atom stereocenters. The van der Waals surface area contributed by atoms with E-state index in [1.165, 1.54) is 94.0 Å². The van der Waals surface area contributed by atoms with Crippen LogP contribution in [0.5, 0.6) is 11.5 Å². The maximum Gasteiger partial charge on any atom is 0.256 e. The Morgan fingerprint density at radius 2 is 0.891 bits per heavy atom. The van der Waals surface area contributed by atoms with Gasteiger partial charge in [0.15, 0.2) is 0 Å². The lowest BCUT2D eigenvalue weighted by Crippen LogP contribution is -2.58. The van der Waals surface area contributed by atoms with Crippen LogP contribution < -0.4 is 21.1 Å². The lowest BCUT2D eigenvalue weighted by molar-refractivity contribution is 0.488. The number of benzene rings is 10. The Bertz CT molecular complexity index is 3630. The number of aromatic nitrogens is 1. The van der Waals surface area contributed by atoms with Gasteiger partial charge in [-0.25, -0.2) is 0 Å². The molecule has 0 unspecified atom stereocenters. The van der Waals surface area contributed by atoms with Gasteiger partial charge in [-0.2, -0.15) is 0 Å². The molecule has 3 heterocycles. The molecule has 0 saturated carbocycles. The highest BCUT2D eigenvalue weighted by atomic mass is 16.5. The summed E-state index contributed by atoms with van der Waals surface area (Å²) in [6.45, 7) is 2.09. The van der Waals surface area contributed by atoms with Crippen LogP contribution in [0.4, 0.5) is 0 Å². The predicted molar refractivity (Wildman–Crippen MR) is 269 cm³/mol. The van der Waals surface area contributed by atoms with Crippen molar-refractivity contribution in [3.05, 3.63) is 230 Å². The molecule has 0 radical (unpaired) electrons. The fourth-order valence-electron chi connectivity index (χ4n) is 10.7. The van der Waals surface area contributed by atoms with E-state index in [0.717, 1.165) is 33.8 Å². The normalized spacial score (nSPS) is 12.2. The van der Waals surface area contributed by atoms with Crippen LogP contribution in [0.3, 0.4) is 0 Å². The molecule has 0 N–H and O–H groups in total. The Labute approximate surface area is 373 Å². The van der Waals surface area contributed by atoms with E-state index in [1.54, 1.807) is 0 Å². The second-order valence-electron chi connectivity index (χ2n) is 17.3. The van der Waals surface area contributed by atoms with Crippen molar-refractivity contribution in [2.45, 2.75) is 6.92 Å². The monoisotopic (exact) mass is 813 g/mol. The maximum atomic E-state index is 7.47. The van der Waals surface area contributed by atoms with Crippen molar-refractivity contribution in [1.82, 2.24) is 4.57 Å². The SMILES string of the molecule is Cc1cc2c3c(c1)-n1c4ccc(-c5ccccc5)cc4c4cc(-c5ccccc5)cc(c41)B3c1cc(-c3ccccc3-c3ccccc3)cc(-c3ccccc3-c3ccccc3)c1O2. The molecule has 3 heteroatoms. The summed E-state index contributed by atoms with van der Waals surface area (Å²) in [5, 5.41) is 2.50. The van der Waals surface area contributed by atoms with Gasteiger partial charge in [0.25, 0.3) is 6.71 Å². The highest BCUT2D eigenvalue weighted by molar-refractivity contribution is 6.99. The number of aryl methyl sites for hydroxylation is 1. The van der Waals surface area contributed by atoms with E-state index in [2.05, 4.69) is 236 Å². The van der Waals surface area contributed by atoms with Crippen molar-refractivity contribution < 1.29 is 4.74 Å². The standard InChI is InChI=1S/C61H40BNO/c1-39-32-57-59-58(33-39)64-61-53(50-29-17-16-27-48(50)43-24-12-5-13-25-43)36-46(49-28-15-14-26-47(49)42-22-10-4-11-23-42)38-55(61)62(59)54-37-45(41-20-8-3-9-21-41)35-52-51-34-44(40-18-6-2-7-19-40)30-31-56(51)63(57)60(52)54/h2-38H,1H3. The van der Waals surface area contributed by atoms with Gasteiger partial charge >= 0.3 is 0 Å². The molecule has 2 nitrogen and oxygen atoms in total. The second kappa shape index (κ2) is 14.5. The van der Waals surface area contributed by atoms with Gasteiger partial charge in [-0.15, -0.1) is 0 Å². The molecule has 2 aliphatic heterocycles. The van der Waals surface area contributed by atoms with Crippen LogP contribution in [0.25, 0.3) is 94.3 Å². The molecule has 13 rings (SSSR count). The highest BCUT2D eigenvalue weighted by Crippen LogP contribution is 2.46. The van der Waals surface area contributed by atoms with Gasteiger partial charge in [-0.05, 0) is 126 Å². The number of nitrogens with zero attached hydrogens (tertiary/aromatic N) is 1. The quantitative estimate of drug-likeness (QED) is 0.153. The van der Waals surface area contributed by atoms with E-state index in [4.69, 9.17) is 4.74 Å². The van der Waals surface area contributed by atoms with Crippen LogP contribution in [0.1, 0.15) is 5.56 Å². The molecule has 1 aromatic heterocycles. The van der Waals surface area contributed by atoms with Gasteiger partial charge in [0.05, 0.1) is 5.52 Å². The van der Waals surface area contributed by atoms with Gasteiger partial charge in [0.1, 0.15) is 11.5 Å². The van der Waals surface area contributed by atoms with E-state index in [-0.39, 0.29) is 6.71 Å². The Hall–Kier alpha value is -8.14. The van der Waals surface area contributed by atoms with Crippen LogP contribution in [0.2, 0.25) is 0 Å². The molecule has 2 aliphatic rings. The Morgan fingerprint density at radius 1 is 0.375 bits per heavy atom. The first-order chi connectivity index (χ1) is 31.7. The minimum Gasteiger partial charge on any atom is -0.458 e. The van der Waals surface area contributed by atoms with Gasteiger partial charge in [-0.3, -0.25) is 0 Å². The van der Waals surface area contributed by atoms with Crippen LogP contribution in [-0.2, 0) is 0 Å². The Kier molecular flexibility index (Phi) is 8.26. The van der Waals surface area contributed by atoms with Crippen molar-refractivity contribution in [3.8, 4) is 83.9 Å². The summed E-state index contributed by atoms with van der Waals surface area (Å²) < 4.78 is 9.99. The Morgan fingerprint density at radius 3 is 1.53 bits per heavy atom. The summed E-state index contributed by atoms with van der Waals surface area (Å²) in [6, 6.07) is 82.2. The minimum absolute atomic E-state index is 0.114. The summed E-state index contributed by atoms with van der Waals surface area (Å²) in [5.74, 6) is 1.82. The van der Waals surface area contributed by atoms with Crippen LogP contribution in [0.15, 0.2) is 224 Å². The zero-order valence-electron chi connectivity index (χ0n) is 35.3. The number of hydrogen-bond acceptors (Lipinski definition) is 1. The molecular weight excluding hydrogens is 773 g/mol. The first-order valence-electron chi connectivity index (χ1n) is 22.2. The molecule has 0 spiro atoms. The molecule has 298 valence electrons. The molecule has 11 aromatic rings. The summed E-state index contributed by atoms with van der Waals surface area (Å²) >= 11 is 0. The first kappa shape index (κ1) is 36.5. The van der Waals surface area contributed by atoms with Crippen LogP contribution in [-0.4, -0.2) is 11.3 Å². The maximum absolute atomic E-state index is 7.47. The Balaban J connectivity index is 1.16. The number of fused-ring (bicyclic) bond motifs is 7. The fourth-order valence-corrected chi connectivity index (χ4v) is 10.7. The van der Waals surface area contributed by atoms with E-state index in [0.29, 0.717) is 0 Å². The molecule has 0 saturated heterocycles. The average Bonchev–Trinajstić information content (AvgIpc) is 3.70. The number of ether oxygens (including phenoxy) is 1. The lowest BCUT2D eigenvalue weighted by Gasteiger charge is -2.35. The summed E-state index contributed by atoms with van der Waals surface area (Å²) in [5.41, 5.74) is 22.6. The molecule has 0 bridgehead atoms. The molecule has 10 aromatic carbocycles. The summed E-state index contributed by atoms with van der Waals surface area (Å²) in [4.78, 5) is 0. The zero-order valence-corrected chi connectivity index (χ0v) is 35.3.